The Kier molecular flexibility index (Phi) is 18.2. The number of aliphatic hydroxyl groups is 1. The van der Waals surface area contributed by atoms with E-state index in [1.165, 1.54) is 0 Å². The van der Waals surface area contributed by atoms with Crippen molar-refractivity contribution in [2.24, 2.45) is 0 Å². The van der Waals surface area contributed by atoms with E-state index in [1.807, 2.05) is 12.2 Å². The quantitative estimate of drug-likeness (QED) is 0.172. The highest BCUT2D eigenvalue weighted by molar-refractivity contribution is 6.84. The molecule has 0 heterocycles. The molecule has 0 aromatic carbocycles. The van der Waals surface area contributed by atoms with Gasteiger partial charge in [0.2, 0.25) is 0 Å². The van der Waals surface area contributed by atoms with Crippen molar-refractivity contribution in [3.05, 3.63) is 24.3 Å². The Morgan fingerprint density at radius 3 is 1.64 bits per heavy atom. The van der Waals surface area contributed by atoms with Gasteiger partial charge in [-0.2, -0.15) is 0 Å². The standard InChI is InChI=1S/C34H48OSi/c1-31(2)36(32(3)4,33(5)6)30-28-26-24-22-20-18-16-14-12-10-9-11-13-15-17-19-21-23-25-27-29-34(7,8)35/h11,13,23,25,31-33,35H,15-21,30H2,1-8H3/b13-11-,25-23-. The number of unbranched alkanes of at least 4 members (excludes halogenated alkanes) is 5. The maximum absolute atomic E-state index is 9.49. The zero-order valence-corrected chi connectivity index (χ0v) is 25.1. The first-order chi connectivity index (χ1) is 17.0. The molecule has 0 aliphatic carbocycles. The van der Waals surface area contributed by atoms with Crippen LogP contribution < -0.4 is 0 Å². The molecule has 0 bridgehead atoms. The third kappa shape index (κ3) is 16.2. The summed E-state index contributed by atoms with van der Waals surface area (Å²) in [5.41, 5.74) is 1.29. The summed E-state index contributed by atoms with van der Waals surface area (Å²) >= 11 is 0. The second kappa shape index (κ2) is 19.6. The van der Waals surface area contributed by atoms with Crippen molar-refractivity contribution in [2.75, 3.05) is 0 Å². The van der Waals surface area contributed by atoms with Crippen molar-refractivity contribution in [1.82, 2.24) is 0 Å². The van der Waals surface area contributed by atoms with E-state index in [2.05, 4.69) is 113 Å². The number of rotatable bonds is 11. The Morgan fingerprint density at radius 2 is 1.14 bits per heavy atom. The molecule has 0 aliphatic heterocycles. The third-order valence-corrected chi connectivity index (χ3v) is 13.7. The topological polar surface area (TPSA) is 20.2 Å². The predicted molar refractivity (Wildman–Crippen MR) is 162 cm³/mol. The van der Waals surface area contributed by atoms with Crippen molar-refractivity contribution in [1.29, 1.82) is 0 Å². The van der Waals surface area contributed by atoms with E-state index in [4.69, 9.17) is 0 Å². The molecule has 0 spiro atoms. The van der Waals surface area contributed by atoms with Gasteiger partial charge in [0, 0.05) is 18.9 Å². The summed E-state index contributed by atoms with van der Waals surface area (Å²) in [5.74, 6) is 30.2. The molecule has 194 valence electrons. The average Bonchev–Trinajstić information content (AvgIpc) is 2.78. The molecule has 2 heteroatoms. The van der Waals surface area contributed by atoms with Crippen LogP contribution in [-0.4, -0.2) is 18.8 Å². The minimum Gasteiger partial charge on any atom is -0.378 e. The largest absolute Gasteiger partial charge is 0.378 e. The number of hydrogen-bond donors (Lipinski definition) is 1. The van der Waals surface area contributed by atoms with E-state index in [-0.39, 0.29) is 0 Å². The molecule has 0 unspecified atom stereocenters. The molecule has 0 saturated carbocycles. The fourth-order valence-corrected chi connectivity index (χ4v) is 10.1. The Bertz CT molecular complexity index is 968. The van der Waals surface area contributed by atoms with Gasteiger partial charge in [-0.3, -0.25) is 0 Å². The third-order valence-electron chi connectivity index (χ3n) is 6.46. The van der Waals surface area contributed by atoms with Gasteiger partial charge in [-0.15, -0.1) is 0 Å². The molecular formula is C34H48OSi. The summed E-state index contributed by atoms with van der Waals surface area (Å²) in [5, 5.41) is 9.49. The first-order valence-corrected chi connectivity index (χ1v) is 16.0. The molecule has 0 saturated heterocycles. The number of hydrogen-bond acceptors (Lipinski definition) is 1. The lowest BCUT2D eigenvalue weighted by Crippen LogP contribution is -2.43. The van der Waals surface area contributed by atoms with Crippen LogP contribution in [0.2, 0.25) is 22.7 Å². The lowest BCUT2D eigenvalue weighted by Gasteiger charge is -2.41. The molecule has 0 fully saturated rings. The minimum atomic E-state index is -1.44. The predicted octanol–water partition coefficient (Wildman–Crippen LogP) is 8.30. The van der Waals surface area contributed by atoms with Crippen molar-refractivity contribution in [3.63, 3.8) is 0 Å². The Hall–Kier alpha value is -2.54. The highest BCUT2D eigenvalue weighted by Crippen LogP contribution is 2.44. The van der Waals surface area contributed by atoms with E-state index in [1.54, 1.807) is 13.8 Å². The monoisotopic (exact) mass is 500 g/mol. The molecule has 1 nitrogen and oxygen atoms in total. The van der Waals surface area contributed by atoms with E-state index < -0.39 is 13.7 Å². The summed E-state index contributed by atoms with van der Waals surface area (Å²) in [6.07, 6.45) is 14.7. The van der Waals surface area contributed by atoms with Crippen LogP contribution in [0.4, 0.5) is 0 Å². The van der Waals surface area contributed by atoms with Gasteiger partial charge in [-0.25, -0.2) is 0 Å². The van der Waals surface area contributed by atoms with Crippen LogP contribution in [0.3, 0.4) is 0 Å². The lowest BCUT2D eigenvalue weighted by atomic mass is 10.1. The minimum absolute atomic E-state index is 0.738. The van der Waals surface area contributed by atoms with Crippen LogP contribution in [0, 0.1) is 59.2 Å². The molecule has 0 aromatic rings. The van der Waals surface area contributed by atoms with Crippen molar-refractivity contribution >= 4 is 8.07 Å². The lowest BCUT2D eigenvalue weighted by molar-refractivity contribution is 0.143. The second-order valence-electron chi connectivity index (χ2n) is 10.7. The van der Waals surface area contributed by atoms with E-state index in [0.29, 0.717) is 0 Å². The van der Waals surface area contributed by atoms with Crippen LogP contribution in [-0.2, 0) is 0 Å². The molecular weight excluding hydrogens is 452 g/mol. The van der Waals surface area contributed by atoms with E-state index >= 15 is 0 Å². The van der Waals surface area contributed by atoms with Crippen molar-refractivity contribution < 1.29 is 5.11 Å². The summed E-state index contributed by atoms with van der Waals surface area (Å²) in [6, 6.07) is 1.05. The molecule has 0 rings (SSSR count). The van der Waals surface area contributed by atoms with Gasteiger partial charge in [0.1, 0.15) is 5.60 Å². The summed E-state index contributed by atoms with van der Waals surface area (Å²) in [7, 11) is -1.44. The normalized spacial score (nSPS) is 11.2. The average molecular weight is 501 g/mol. The van der Waals surface area contributed by atoms with Gasteiger partial charge in [0.05, 0.1) is 8.07 Å². The first kappa shape index (κ1) is 33.5. The maximum atomic E-state index is 9.49. The number of allylic oxidation sites excluding steroid dienone is 4. The smallest absolute Gasteiger partial charge is 0.120 e. The Labute approximate surface area is 225 Å². The fraction of sp³-hybridized carbons (Fsp3) is 0.588. The van der Waals surface area contributed by atoms with Crippen LogP contribution in [0.25, 0.3) is 0 Å². The second-order valence-corrected chi connectivity index (χ2v) is 16.7. The molecule has 0 aromatic heterocycles. The maximum Gasteiger partial charge on any atom is 0.120 e. The molecule has 0 atom stereocenters. The fourth-order valence-electron chi connectivity index (χ4n) is 4.44. The van der Waals surface area contributed by atoms with E-state index in [0.717, 1.165) is 67.6 Å². The molecule has 0 amide bonds. The zero-order chi connectivity index (χ0) is 27.3. The summed E-state index contributed by atoms with van der Waals surface area (Å²) in [4.78, 5) is 0. The molecule has 36 heavy (non-hydrogen) atoms. The van der Waals surface area contributed by atoms with Gasteiger partial charge >= 0.3 is 0 Å². The van der Waals surface area contributed by atoms with Crippen molar-refractivity contribution in [2.45, 2.75) is 129 Å². The van der Waals surface area contributed by atoms with Crippen LogP contribution in [0.15, 0.2) is 24.3 Å². The van der Waals surface area contributed by atoms with Gasteiger partial charge in [-0.1, -0.05) is 89.2 Å². The highest BCUT2D eigenvalue weighted by Gasteiger charge is 2.41. The molecule has 0 radical (unpaired) electrons. The van der Waals surface area contributed by atoms with Crippen LogP contribution in [0.1, 0.15) is 100 Å². The van der Waals surface area contributed by atoms with Crippen molar-refractivity contribution in [3.8, 4) is 59.2 Å². The summed E-state index contributed by atoms with van der Waals surface area (Å²) < 4.78 is 0. The molecule has 0 aliphatic rings. The first-order valence-electron chi connectivity index (χ1n) is 13.5. The van der Waals surface area contributed by atoms with E-state index in [9.17, 15) is 5.11 Å². The van der Waals surface area contributed by atoms with Gasteiger partial charge in [0.15, 0.2) is 0 Å². The van der Waals surface area contributed by atoms with Crippen LogP contribution >= 0.6 is 0 Å². The van der Waals surface area contributed by atoms with Gasteiger partial charge in [0.25, 0.3) is 0 Å². The highest BCUT2D eigenvalue weighted by atomic mass is 28.3. The Morgan fingerprint density at radius 1 is 0.667 bits per heavy atom. The SMILES string of the molecule is CC(C)[Si](CC#CC#CCCCC#CC#C/C=C\CCCC/C=C\C#CC(C)(C)O)(C(C)C)C(C)C. The molecule has 1 N–H and O–H groups in total. The zero-order valence-electron chi connectivity index (χ0n) is 24.1. The van der Waals surface area contributed by atoms with Crippen LogP contribution in [0.5, 0.6) is 0 Å². The van der Waals surface area contributed by atoms with Gasteiger partial charge in [-0.05, 0) is 98.4 Å². The Balaban J connectivity index is 4.11. The summed E-state index contributed by atoms with van der Waals surface area (Å²) in [6.45, 7) is 17.6. The van der Waals surface area contributed by atoms with Gasteiger partial charge < -0.3 is 5.11 Å².